The highest BCUT2D eigenvalue weighted by Gasteiger charge is 2.06. The molecule has 0 spiro atoms. The number of urea groups is 1. The third kappa shape index (κ3) is 8.80. The van der Waals surface area contributed by atoms with E-state index in [0.717, 1.165) is 0 Å². The van der Waals surface area contributed by atoms with Gasteiger partial charge in [-0.15, -0.1) is 6.58 Å². The van der Waals surface area contributed by atoms with Gasteiger partial charge >= 0.3 is 12.0 Å². The normalized spacial score (nSPS) is 11.5. The highest BCUT2D eigenvalue weighted by molar-refractivity contribution is 5.73. The maximum absolute atomic E-state index is 11.1. The summed E-state index contributed by atoms with van der Waals surface area (Å²) >= 11 is 0. The maximum atomic E-state index is 11.1. The molecule has 0 heterocycles. The number of nitrogens with one attached hydrogen (secondary N) is 2. The van der Waals surface area contributed by atoms with Crippen LogP contribution < -0.4 is 10.6 Å². The molecule has 1 unspecified atom stereocenters. The number of rotatable bonds is 7. The van der Waals surface area contributed by atoms with Gasteiger partial charge in [-0.1, -0.05) is 13.0 Å². The number of hydrogen-bond donors (Lipinski definition) is 3. The number of carboxylic acid groups (broad SMARTS) is 1. The van der Waals surface area contributed by atoms with Crippen LogP contribution in [0.3, 0.4) is 0 Å². The second-order valence-corrected chi connectivity index (χ2v) is 3.42. The number of aliphatic carboxylic acids is 1. The molecule has 15 heavy (non-hydrogen) atoms. The van der Waals surface area contributed by atoms with E-state index in [9.17, 15) is 9.59 Å². The Labute approximate surface area is 89.6 Å². The van der Waals surface area contributed by atoms with E-state index in [1.807, 2.05) is 6.92 Å². The van der Waals surface area contributed by atoms with Crippen molar-refractivity contribution in [2.24, 2.45) is 5.92 Å². The van der Waals surface area contributed by atoms with Gasteiger partial charge in [-0.05, 0) is 12.3 Å². The molecule has 0 aliphatic carbocycles. The zero-order valence-electron chi connectivity index (χ0n) is 8.95. The molecule has 1 atom stereocenters. The van der Waals surface area contributed by atoms with Crippen molar-refractivity contribution < 1.29 is 14.7 Å². The predicted molar refractivity (Wildman–Crippen MR) is 57.6 cm³/mol. The third-order valence-electron chi connectivity index (χ3n) is 1.87. The Hall–Kier alpha value is -1.52. The predicted octanol–water partition coefficient (Wildman–Crippen LogP) is 0.972. The maximum Gasteiger partial charge on any atom is 0.315 e. The SMILES string of the molecule is C=CCNC(=O)NCC(C)CCC(=O)O. The Morgan fingerprint density at radius 1 is 1.47 bits per heavy atom. The minimum atomic E-state index is -0.807. The van der Waals surface area contributed by atoms with Crippen molar-refractivity contribution in [3.05, 3.63) is 12.7 Å². The fourth-order valence-corrected chi connectivity index (χ4v) is 0.966. The van der Waals surface area contributed by atoms with Crippen molar-refractivity contribution in [1.82, 2.24) is 10.6 Å². The average Bonchev–Trinajstić information content (AvgIpc) is 2.20. The topological polar surface area (TPSA) is 78.4 Å². The van der Waals surface area contributed by atoms with E-state index >= 15 is 0 Å². The summed E-state index contributed by atoms with van der Waals surface area (Å²) in [4.78, 5) is 21.3. The zero-order chi connectivity index (χ0) is 11.7. The van der Waals surface area contributed by atoms with Crippen molar-refractivity contribution in [2.75, 3.05) is 13.1 Å². The summed E-state index contributed by atoms with van der Waals surface area (Å²) in [5, 5.41) is 13.7. The average molecular weight is 214 g/mol. The molecular formula is C10H18N2O3. The molecule has 0 aromatic heterocycles. The van der Waals surface area contributed by atoms with E-state index in [1.54, 1.807) is 6.08 Å². The molecule has 0 aromatic carbocycles. The second-order valence-electron chi connectivity index (χ2n) is 3.42. The van der Waals surface area contributed by atoms with Crippen LogP contribution in [0.1, 0.15) is 19.8 Å². The molecule has 0 bridgehead atoms. The van der Waals surface area contributed by atoms with E-state index in [2.05, 4.69) is 17.2 Å². The fraction of sp³-hybridized carbons (Fsp3) is 0.600. The lowest BCUT2D eigenvalue weighted by atomic mass is 10.1. The molecule has 3 N–H and O–H groups in total. The van der Waals surface area contributed by atoms with Gasteiger partial charge in [-0.25, -0.2) is 4.79 Å². The molecule has 0 radical (unpaired) electrons. The first-order chi connectivity index (χ1) is 7.06. The summed E-state index contributed by atoms with van der Waals surface area (Å²) in [6.07, 6.45) is 2.29. The summed E-state index contributed by atoms with van der Waals surface area (Å²) < 4.78 is 0. The van der Waals surface area contributed by atoms with Crippen molar-refractivity contribution in [2.45, 2.75) is 19.8 Å². The Morgan fingerprint density at radius 3 is 2.67 bits per heavy atom. The Morgan fingerprint density at radius 2 is 2.13 bits per heavy atom. The van der Waals surface area contributed by atoms with Crippen LogP contribution in [0.5, 0.6) is 0 Å². The summed E-state index contributed by atoms with van der Waals surface area (Å²) in [5.74, 6) is -0.645. The van der Waals surface area contributed by atoms with Gasteiger partial charge in [-0.2, -0.15) is 0 Å². The minimum absolute atomic E-state index is 0.136. The first kappa shape index (κ1) is 13.5. The Balaban J connectivity index is 3.52. The van der Waals surface area contributed by atoms with E-state index in [0.29, 0.717) is 19.5 Å². The first-order valence-corrected chi connectivity index (χ1v) is 4.90. The molecule has 0 aliphatic heterocycles. The standard InChI is InChI=1S/C10H18N2O3/c1-3-6-11-10(15)12-7-8(2)4-5-9(13)14/h3,8H,1,4-7H2,2H3,(H,13,14)(H2,11,12,15). The molecule has 0 saturated carbocycles. The Kier molecular flexibility index (Phi) is 7.05. The summed E-state index contributed by atoms with van der Waals surface area (Å²) in [5.41, 5.74) is 0. The van der Waals surface area contributed by atoms with Gasteiger partial charge in [0.05, 0.1) is 0 Å². The molecule has 0 rings (SSSR count). The lowest BCUT2D eigenvalue weighted by molar-refractivity contribution is -0.137. The molecule has 0 aliphatic rings. The van der Waals surface area contributed by atoms with Gasteiger partial charge in [0, 0.05) is 19.5 Å². The lowest BCUT2D eigenvalue weighted by Crippen LogP contribution is -2.37. The quantitative estimate of drug-likeness (QED) is 0.552. The molecule has 5 nitrogen and oxygen atoms in total. The molecule has 86 valence electrons. The first-order valence-electron chi connectivity index (χ1n) is 4.90. The van der Waals surface area contributed by atoms with E-state index < -0.39 is 5.97 Å². The lowest BCUT2D eigenvalue weighted by Gasteiger charge is -2.11. The van der Waals surface area contributed by atoms with Gasteiger partial charge < -0.3 is 15.7 Å². The number of hydrogen-bond acceptors (Lipinski definition) is 2. The summed E-state index contributed by atoms with van der Waals surface area (Å²) in [6, 6.07) is -0.253. The Bertz CT molecular complexity index is 229. The monoisotopic (exact) mass is 214 g/mol. The molecule has 0 fully saturated rings. The number of carboxylic acids is 1. The van der Waals surface area contributed by atoms with Crippen LogP contribution in [0.15, 0.2) is 12.7 Å². The van der Waals surface area contributed by atoms with Crippen LogP contribution in [-0.2, 0) is 4.79 Å². The van der Waals surface area contributed by atoms with Gasteiger partial charge in [0.1, 0.15) is 0 Å². The van der Waals surface area contributed by atoms with E-state index in [4.69, 9.17) is 5.11 Å². The summed E-state index contributed by atoms with van der Waals surface area (Å²) in [6.45, 7) is 6.28. The van der Waals surface area contributed by atoms with Crippen LogP contribution in [0.2, 0.25) is 0 Å². The van der Waals surface area contributed by atoms with E-state index in [-0.39, 0.29) is 18.4 Å². The summed E-state index contributed by atoms with van der Waals surface area (Å²) in [7, 11) is 0. The van der Waals surface area contributed by atoms with Crippen molar-refractivity contribution in [3.63, 3.8) is 0 Å². The number of amides is 2. The van der Waals surface area contributed by atoms with Crippen LogP contribution in [0, 0.1) is 5.92 Å². The van der Waals surface area contributed by atoms with Gasteiger partial charge in [0.25, 0.3) is 0 Å². The molecule has 2 amide bonds. The minimum Gasteiger partial charge on any atom is -0.481 e. The molecule has 0 saturated heterocycles. The molecule has 5 heteroatoms. The third-order valence-corrected chi connectivity index (χ3v) is 1.87. The van der Waals surface area contributed by atoms with Crippen molar-refractivity contribution >= 4 is 12.0 Å². The highest BCUT2D eigenvalue weighted by atomic mass is 16.4. The largest absolute Gasteiger partial charge is 0.481 e. The highest BCUT2D eigenvalue weighted by Crippen LogP contribution is 2.03. The van der Waals surface area contributed by atoms with Crippen LogP contribution in [0.25, 0.3) is 0 Å². The fourth-order valence-electron chi connectivity index (χ4n) is 0.966. The van der Waals surface area contributed by atoms with Gasteiger partial charge in [0.15, 0.2) is 0 Å². The second kappa shape index (κ2) is 7.84. The molecular weight excluding hydrogens is 196 g/mol. The van der Waals surface area contributed by atoms with E-state index in [1.165, 1.54) is 0 Å². The van der Waals surface area contributed by atoms with Crippen molar-refractivity contribution in [3.8, 4) is 0 Å². The van der Waals surface area contributed by atoms with Crippen LogP contribution >= 0.6 is 0 Å². The molecule has 0 aromatic rings. The number of carbonyl (C=O) groups excluding carboxylic acids is 1. The van der Waals surface area contributed by atoms with Crippen LogP contribution in [-0.4, -0.2) is 30.2 Å². The number of carbonyl (C=O) groups is 2. The van der Waals surface area contributed by atoms with Crippen molar-refractivity contribution in [1.29, 1.82) is 0 Å². The van der Waals surface area contributed by atoms with Gasteiger partial charge in [-0.3, -0.25) is 4.79 Å². The zero-order valence-corrected chi connectivity index (χ0v) is 8.95. The smallest absolute Gasteiger partial charge is 0.315 e. The van der Waals surface area contributed by atoms with Gasteiger partial charge in [0.2, 0.25) is 0 Å². The van der Waals surface area contributed by atoms with Crippen LogP contribution in [0.4, 0.5) is 4.79 Å².